The standard InChI is InChI=1S/C18H14N4O3S2/c23-17(15-7-4-10-19-15)21-18-20-14-9-8-12(11-16(14)26-18)22-27(24,25)13-5-2-1-3-6-13/h1-11,19,22H,(H,20,21,23). The molecule has 2 aromatic carbocycles. The van der Waals surface area contributed by atoms with E-state index in [1.807, 2.05) is 0 Å². The normalized spacial score (nSPS) is 11.4. The van der Waals surface area contributed by atoms with E-state index in [2.05, 4.69) is 20.0 Å². The number of fused-ring (bicyclic) bond motifs is 1. The van der Waals surface area contributed by atoms with Crippen LogP contribution in [-0.2, 0) is 10.0 Å². The third kappa shape index (κ3) is 3.69. The maximum absolute atomic E-state index is 12.4. The Balaban J connectivity index is 1.57. The molecule has 0 aliphatic rings. The summed E-state index contributed by atoms with van der Waals surface area (Å²) in [6, 6.07) is 16.6. The van der Waals surface area contributed by atoms with E-state index < -0.39 is 10.0 Å². The molecule has 1 amide bonds. The van der Waals surface area contributed by atoms with Crippen LogP contribution in [0.5, 0.6) is 0 Å². The molecule has 4 rings (SSSR count). The number of carbonyl (C=O) groups excluding carboxylic acids is 1. The molecule has 0 atom stereocenters. The van der Waals surface area contributed by atoms with Crippen LogP contribution in [0.4, 0.5) is 10.8 Å². The minimum Gasteiger partial charge on any atom is -0.357 e. The minimum atomic E-state index is -3.66. The number of amides is 1. The van der Waals surface area contributed by atoms with Crippen molar-refractivity contribution in [1.29, 1.82) is 0 Å². The second kappa shape index (κ2) is 6.86. The number of nitrogens with zero attached hydrogens (tertiary/aromatic N) is 1. The summed E-state index contributed by atoms with van der Waals surface area (Å²) in [6.07, 6.45) is 1.67. The van der Waals surface area contributed by atoms with Gasteiger partial charge in [0.05, 0.1) is 20.8 Å². The Morgan fingerprint density at radius 3 is 2.59 bits per heavy atom. The first-order valence-electron chi connectivity index (χ1n) is 7.94. The fraction of sp³-hybridized carbons (Fsp3) is 0. The van der Waals surface area contributed by atoms with Crippen molar-refractivity contribution in [3.63, 3.8) is 0 Å². The van der Waals surface area contributed by atoms with Gasteiger partial charge < -0.3 is 4.98 Å². The topological polar surface area (TPSA) is 104 Å². The van der Waals surface area contributed by atoms with Gasteiger partial charge in [0, 0.05) is 6.20 Å². The lowest BCUT2D eigenvalue weighted by Crippen LogP contribution is -2.12. The molecule has 2 aromatic heterocycles. The highest BCUT2D eigenvalue weighted by atomic mass is 32.2. The third-order valence-electron chi connectivity index (χ3n) is 3.76. The number of benzene rings is 2. The van der Waals surface area contributed by atoms with Gasteiger partial charge in [0.1, 0.15) is 5.69 Å². The first-order chi connectivity index (χ1) is 13.0. The van der Waals surface area contributed by atoms with Gasteiger partial charge in [-0.15, -0.1) is 0 Å². The number of nitrogens with one attached hydrogen (secondary N) is 3. The second-order valence-corrected chi connectivity index (χ2v) is 8.37. The van der Waals surface area contributed by atoms with Crippen molar-refractivity contribution in [2.24, 2.45) is 0 Å². The largest absolute Gasteiger partial charge is 0.357 e. The predicted molar refractivity (Wildman–Crippen MR) is 106 cm³/mol. The Kier molecular flexibility index (Phi) is 4.38. The summed E-state index contributed by atoms with van der Waals surface area (Å²) in [5, 5.41) is 3.16. The number of carbonyl (C=O) groups is 1. The zero-order valence-corrected chi connectivity index (χ0v) is 15.5. The van der Waals surface area contributed by atoms with Crippen LogP contribution < -0.4 is 10.0 Å². The zero-order valence-electron chi connectivity index (χ0n) is 13.8. The summed E-state index contributed by atoms with van der Waals surface area (Å²) in [6.45, 7) is 0. The van der Waals surface area contributed by atoms with Crippen molar-refractivity contribution < 1.29 is 13.2 Å². The van der Waals surface area contributed by atoms with Crippen molar-refractivity contribution in [3.05, 3.63) is 72.6 Å². The van der Waals surface area contributed by atoms with Gasteiger partial charge in [0.15, 0.2) is 5.13 Å². The maximum Gasteiger partial charge on any atom is 0.273 e. The lowest BCUT2D eigenvalue weighted by molar-refractivity contribution is 0.102. The molecule has 0 fully saturated rings. The fourth-order valence-electron chi connectivity index (χ4n) is 2.49. The molecule has 0 aliphatic heterocycles. The SMILES string of the molecule is O=C(Nc1nc2ccc(NS(=O)(=O)c3ccccc3)cc2s1)c1ccc[nH]1. The fourth-order valence-corrected chi connectivity index (χ4v) is 4.46. The van der Waals surface area contributed by atoms with E-state index in [-0.39, 0.29) is 10.8 Å². The molecule has 0 radical (unpaired) electrons. The number of H-pyrrole nitrogens is 1. The van der Waals surface area contributed by atoms with Crippen molar-refractivity contribution >= 4 is 48.3 Å². The average molecular weight is 398 g/mol. The molecule has 2 heterocycles. The molecular weight excluding hydrogens is 384 g/mol. The van der Waals surface area contributed by atoms with Gasteiger partial charge >= 0.3 is 0 Å². The number of thiazole rings is 1. The van der Waals surface area contributed by atoms with E-state index >= 15 is 0 Å². The highest BCUT2D eigenvalue weighted by Crippen LogP contribution is 2.29. The first kappa shape index (κ1) is 17.3. The van der Waals surface area contributed by atoms with Gasteiger partial charge in [0.2, 0.25) is 0 Å². The molecular formula is C18H14N4O3S2. The molecule has 9 heteroatoms. The van der Waals surface area contributed by atoms with Crippen LogP contribution in [0, 0.1) is 0 Å². The smallest absolute Gasteiger partial charge is 0.273 e. The molecule has 7 nitrogen and oxygen atoms in total. The van der Waals surface area contributed by atoms with Crippen molar-refractivity contribution in [2.75, 3.05) is 10.0 Å². The lowest BCUT2D eigenvalue weighted by Gasteiger charge is -2.07. The Bertz CT molecular complexity index is 1200. The number of anilines is 2. The number of sulfonamides is 1. The van der Waals surface area contributed by atoms with Crippen LogP contribution in [0.3, 0.4) is 0 Å². The molecule has 0 aliphatic carbocycles. The van der Waals surface area contributed by atoms with Crippen LogP contribution in [-0.4, -0.2) is 24.3 Å². The summed E-state index contributed by atoms with van der Waals surface area (Å²) in [5.74, 6) is -0.288. The van der Waals surface area contributed by atoms with Gasteiger partial charge in [-0.05, 0) is 42.5 Å². The lowest BCUT2D eigenvalue weighted by atomic mass is 10.3. The second-order valence-electron chi connectivity index (χ2n) is 5.66. The molecule has 0 unspecified atom stereocenters. The monoisotopic (exact) mass is 398 g/mol. The Morgan fingerprint density at radius 1 is 1.04 bits per heavy atom. The van der Waals surface area contributed by atoms with Gasteiger partial charge in [-0.2, -0.15) is 0 Å². The van der Waals surface area contributed by atoms with E-state index in [0.717, 1.165) is 4.70 Å². The first-order valence-corrected chi connectivity index (χ1v) is 10.2. The summed E-state index contributed by atoms with van der Waals surface area (Å²) >= 11 is 1.27. The van der Waals surface area contributed by atoms with Crippen molar-refractivity contribution in [1.82, 2.24) is 9.97 Å². The van der Waals surface area contributed by atoms with Gasteiger partial charge in [-0.3, -0.25) is 14.8 Å². The van der Waals surface area contributed by atoms with E-state index in [1.165, 1.54) is 23.5 Å². The Hall–Kier alpha value is -3.17. The Labute approximate surface area is 159 Å². The molecule has 3 N–H and O–H groups in total. The summed E-state index contributed by atoms with van der Waals surface area (Å²) in [7, 11) is -3.66. The number of aromatic amines is 1. The highest BCUT2D eigenvalue weighted by Gasteiger charge is 2.15. The molecule has 136 valence electrons. The van der Waals surface area contributed by atoms with Crippen LogP contribution in [0.25, 0.3) is 10.2 Å². The predicted octanol–water partition coefficient (Wildman–Crippen LogP) is 3.68. The van der Waals surface area contributed by atoms with Crippen LogP contribution in [0.2, 0.25) is 0 Å². The minimum absolute atomic E-state index is 0.188. The summed E-state index contributed by atoms with van der Waals surface area (Å²) in [5.41, 5.74) is 1.53. The quantitative estimate of drug-likeness (QED) is 0.477. The third-order valence-corrected chi connectivity index (χ3v) is 6.09. The maximum atomic E-state index is 12.4. The molecule has 0 saturated carbocycles. The van der Waals surface area contributed by atoms with E-state index in [0.29, 0.717) is 22.0 Å². The Morgan fingerprint density at radius 2 is 1.85 bits per heavy atom. The zero-order chi connectivity index (χ0) is 18.9. The van der Waals surface area contributed by atoms with E-state index in [4.69, 9.17) is 0 Å². The molecule has 0 saturated heterocycles. The van der Waals surface area contributed by atoms with Crippen molar-refractivity contribution in [3.8, 4) is 0 Å². The van der Waals surface area contributed by atoms with Crippen molar-refractivity contribution in [2.45, 2.75) is 4.90 Å². The van der Waals surface area contributed by atoms with Crippen LogP contribution in [0.1, 0.15) is 10.5 Å². The van der Waals surface area contributed by atoms with Gasteiger partial charge in [-0.1, -0.05) is 29.5 Å². The van der Waals surface area contributed by atoms with E-state index in [1.54, 1.807) is 54.7 Å². The van der Waals surface area contributed by atoms with Gasteiger partial charge in [0.25, 0.3) is 15.9 Å². The number of rotatable bonds is 5. The number of aromatic nitrogens is 2. The average Bonchev–Trinajstić information content (AvgIpc) is 3.31. The molecule has 0 spiro atoms. The molecule has 0 bridgehead atoms. The van der Waals surface area contributed by atoms with Gasteiger partial charge in [-0.25, -0.2) is 13.4 Å². The number of hydrogen-bond donors (Lipinski definition) is 3. The molecule has 4 aromatic rings. The van der Waals surface area contributed by atoms with E-state index in [9.17, 15) is 13.2 Å². The summed E-state index contributed by atoms with van der Waals surface area (Å²) < 4.78 is 28.2. The molecule has 27 heavy (non-hydrogen) atoms. The highest BCUT2D eigenvalue weighted by molar-refractivity contribution is 7.92. The van der Waals surface area contributed by atoms with Crippen LogP contribution >= 0.6 is 11.3 Å². The van der Waals surface area contributed by atoms with Crippen LogP contribution in [0.15, 0.2) is 71.8 Å². The number of hydrogen-bond acceptors (Lipinski definition) is 5. The summed E-state index contributed by atoms with van der Waals surface area (Å²) in [4.78, 5) is 19.5.